The maximum Gasteiger partial charge on any atom is 0.338 e. The number of anilines is 5. The molecule has 9 nitrogen and oxygen atoms in total. The first-order valence-electron chi connectivity index (χ1n) is 10.2. The molecule has 1 aromatic heterocycles. The van der Waals surface area contributed by atoms with Gasteiger partial charge in [0.1, 0.15) is 0 Å². The molecule has 1 fully saturated rings. The number of hydrogen-bond donors (Lipinski definition) is 2. The molecule has 2 aromatic carbocycles. The molecular formula is C22H24N6O3. The van der Waals surface area contributed by atoms with Crippen molar-refractivity contribution in [3.05, 3.63) is 60.2 Å². The lowest BCUT2D eigenvalue weighted by molar-refractivity contribution is 0.0526. The highest BCUT2D eigenvalue weighted by Gasteiger charge is 2.17. The zero-order valence-corrected chi connectivity index (χ0v) is 17.2. The fourth-order valence-electron chi connectivity index (χ4n) is 3.07. The second-order valence-electron chi connectivity index (χ2n) is 6.80. The molecule has 0 amide bonds. The van der Waals surface area contributed by atoms with Crippen molar-refractivity contribution in [2.75, 3.05) is 48.4 Å². The minimum absolute atomic E-state index is 0.338. The van der Waals surface area contributed by atoms with E-state index in [2.05, 4.69) is 30.5 Å². The number of carbonyl (C=O) groups is 1. The smallest absolute Gasteiger partial charge is 0.338 e. The Morgan fingerprint density at radius 2 is 1.55 bits per heavy atom. The van der Waals surface area contributed by atoms with Crippen LogP contribution in [0.3, 0.4) is 0 Å². The Balaban J connectivity index is 1.58. The number of aromatic nitrogens is 3. The first kappa shape index (κ1) is 20.5. The van der Waals surface area contributed by atoms with E-state index in [1.165, 1.54) is 0 Å². The number of morpholine rings is 1. The number of ether oxygens (including phenoxy) is 2. The molecule has 4 rings (SSSR count). The standard InChI is InChI=1S/C22H24N6O3/c1-2-31-19(29)16-8-10-18(11-9-16)24-21-25-20(23-17-6-4-3-5-7-17)26-22(27-21)28-12-14-30-15-13-28/h3-11H,2,12-15H2,1H3,(H2,23,24,25,26,27). The lowest BCUT2D eigenvalue weighted by Crippen LogP contribution is -2.37. The molecule has 9 heteroatoms. The fourth-order valence-corrected chi connectivity index (χ4v) is 3.07. The molecule has 3 aromatic rings. The highest BCUT2D eigenvalue weighted by Crippen LogP contribution is 2.21. The van der Waals surface area contributed by atoms with Crippen LogP contribution in [0.1, 0.15) is 17.3 Å². The summed E-state index contributed by atoms with van der Waals surface area (Å²) in [5, 5.41) is 6.42. The first-order valence-corrected chi connectivity index (χ1v) is 10.2. The predicted molar refractivity (Wildman–Crippen MR) is 118 cm³/mol. The Morgan fingerprint density at radius 3 is 2.16 bits per heavy atom. The molecule has 0 bridgehead atoms. The quantitative estimate of drug-likeness (QED) is 0.557. The van der Waals surface area contributed by atoms with E-state index in [9.17, 15) is 4.79 Å². The van der Waals surface area contributed by atoms with Crippen LogP contribution in [0, 0.1) is 0 Å². The monoisotopic (exact) mass is 420 g/mol. The van der Waals surface area contributed by atoms with Gasteiger partial charge in [0.15, 0.2) is 0 Å². The van der Waals surface area contributed by atoms with Crippen molar-refractivity contribution in [1.29, 1.82) is 0 Å². The lowest BCUT2D eigenvalue weighted by atomic mass is 10.2. The molecule has 2 N–H and O–H groups in total. The van der Waals surface area contributed by atoms with E-state index in [1.54, 1.807) is 31.2 Å². The molecule has 160 valence electrons. The van der Waals surface area contributed by atoms with Gasteiger partial charge in [0, 0.05) is 24.5 Å². The van der Waals surface area contributed by atoms with Gasteiger partial charge < -0.3 is 25.0 Å². The van der Waals surface area contributed by atoms with Crippen LogP contribution in [0.25, 0.3) is 0 Å². The third-order valence-electron chi connectivity index (χ3n) is 4.60. The van der Waals surface area contributed by atoms with Crippen LogP contribution in [0.2, 0.25) is 0 Å². The van der Waals surface area contributed by atoms with Gasteiger partial charge in [-0.1, -0.05) is 18.2 Å². The Labute approximate surface area is 180 Å². The Morgan fingerprint density at radius 1 is 0.935 bits per heavy atom. The zero-order valence-electron chi connectivity index (χ0n) is 17.2. The summed E-state index contributed by atoms with van der Waals surface area (Å²) in [7, 11) is 0. The van der Waals surface area contributed by atoms with Crippen LogP contribution < -0.4 is 15.5 Å². The molecule has 2 heterocycles. The van der Waals surface area contributed by atoms with E-state index >= 15 is 0 Å². The zero-order chi connectivity index (χ0) is 21.5. The average Bonchev–Trinajstić information content (AvgIpc) is 2.81. The molecule has 0 saturated carbocycles. The van der Waals surface area contributed by atoms with Crippen LogP contribution in [0.15, 0.2) is 54.6 Å². The van der Waals surface area contributed by atoms with Gasteiger partial charge in [-0.3, -0.25) is 0 Å². The van der Waals surface area contributed by atoms with Crippen molar-refractivity contribution < 1.29 is 14.3 Å². The number of carbonyl (C=O) groups excluding carboxylic acids is 1. The van der Waals surface area contributed by atoms with E-state index < -0.39 is 0 Å². The van der Waals surface area contributed by atoms with Crippen molar-refractivity contribution in [3.63, 3.8) is 0 Å². The predicted octanol–water partition coefficient (Wildman–Crippen LogP) is 3.37. The van der Waals surface area contributed by atoms with Crippen LogP contribution in [0.5, 0.6) is 0 Å². The summed E-state index contributed by atoms with van der Waals surface area (Å²) in [6.45, 7) is 4.80. The number of hydrogen-bond acceptors (Lipinski definition) is 9. The number of para-hydroxylation sites is 1. The van der Waals surface area contributed by atoms with Crippen molar-refractivity contribution in [2.24, 2.45) is 0 Å². The largest absolute Gasteiger partial charge is 0.462 e. The van der Waals surface area contributed by atoms with E-state index in [0.717, 1.165) is 11.4 Å². The second-order valence-corrected chi connectivity index (χ2v) is 6.80. The third-order valence-corrected chi connectivity index (χ3v) is 4.60. The lowest BCUT2D eigenvalue weighted by Gasteiger charge is -2.27. The first-order chi connectivity index (χ1) is 15.2. The van der Waals surface area contributed by atoms with E-state index in [-0.39, 0.29) is 5.97 Å². The van der Waals surface area contributed by atoms with Crippen LogP contribution in [0.4, 0.5) is 29.2 Å². The molecule has 1 saturated heterocycles. The molecule has 0 radical (unpaired) electrons. The number of esters is 1. The second kappa shape index (κ2) is 9.86. The van der Waals surface area contributed by atoms with Gasteiger partial charge >= 0.3 is 5.97 Å². The summed E-state index contributed by atoms with van der Waals surface area (Å²) in [5.74, 6) is 1.06. The van der Waals surface area contributed by atoms with Gasteiger partial charge in [0.2, 0.25) is 17.8 Å². The summed E-state index contributed by atoms with van der Waals surface area (Å²) in [5.41, 5.74) is 2.12. The van der Waals surface area contributed by atoms with E-state index in [1.807, 2.05) is 30.3 Å². The van der Waals surface area contributed by atoms with E-state index in [0.29, 0.717) is 56.3 Å². The highest BCUT2D eigenvalue weighted by molar-refractivity contribution is 5.89. The summed E-state index contributed by atoms with van der Waals surface area (Å²) in [4.78, 5) is 27.6. The van der Waals surface area contributed by atoms with Gasteiger partial charge in [0.05, 0.1) is 25.4 Å². The number of nitrogens with zero attached hydrogens (tertiary/aromatic N) is 4. The molecule has 1 aliphatic rings. The molecule has 0 atom stereocenters. The van der Waals surface area contributed by atoms with Gasteiger partial charge in [0.25, 0.3) is 0 Å². The fraction of sp³-hybridized carbons (Fsp3) is 0.273. The third kappa shape index (κ3) is 5.46. The average molecular weight is 420 g/mol. The van der Waals surface area contributed by atoms with E-state index in [4.69, 9.17) is 9.47 Å². The number of nitrogens with one attached hydrogen (secondary N) is 2. The molecule has 0 unspecified atom stereocenters. The highest BCUT2D eigenvalue weighted by atomic mass is 16.5. The topological polar surface area (TPSA) is 102 Å². The molecular weight excluding hydrogens is 396 g/mol. The van der Waals surface area contributed by atoms with Crippen molar-refractivity contribution in [2.45, 2.75) is 6.92 Å². The summed E-state index contributed by atoms with van der Waals surface area (Å²) in [6, 6.07) is 16.7. The molecule has 31 heavy (non-hydrogen) atoms. The number of benzene rings is 2. The Hall–Kier alpha value is -3.72. The molecule has 0 aliphatic carbocycles. The van der Waals surface area contributed by atoms with Crippen LogP contribution in [-0.2, 0) is 9.47 Å². The minimum atomic E-state index is -0.349. The molecule has 0 spiro atoms. The van der Waals surface area contributed by atoms with Gasteiger partial charge in [-0.2, -0.15) is 15.0 Å². The summed E-state index contributed by atoms with van der Waals surface area (Å²) >= 11 is 0. The Bertz CT molecular complexity index is 1010. The maximum atomic E-state index is 11.9. The van der Waals surface area contributed by atoms with Crippen molar-refractivity contribution in [1.82, 2.24) is 15.0 Å². The minimum Gasteiger partial charge on any atom is -0.462 e. The summed E-state index contributed by atoms with van der Waals surface area (Å²) < 4.78 is 10.5. The molecule has 1 aliphatic heterocycles. The van der Waals surface area contributed by atoms with Crippen LogP contribution >= 0.6 is 0 Å². The van der Waals surface area contributed by atoms with Gasteiger partial charge in [-0.15, -0.1) is 0 Å². The van der Waals surface area contributed by atoms with Gasteiger partial charge in [-0.05, 0) is 43.3 Å². The van der Waals surface area contributed by atoms with Crippen molar-refractivity contribution >= 4 is 35.2 Å². The van der Waals surface area contributed by atoms with Crippen molar-refractivity contribution in [3.8, 4) is 0 Å². The number of rotatable bonds is 7. The SMILES string of the molecule is CCOC(=O)c1ccc(Nc2nc(Nc3ccccc3)nc(N3CCOCC3)n2)cc1. The Kier molecular flexibility index (Phi) is 6.53. The normalized spacial score (nSPS) is 13.5. The summed E-state index contributed by atoms with van der Waals surface area (Å²) in [6.07, 6.45) is 0. The van der Waals surface area contributed by atoms with Gasteiger partial charge in [-0.25, -0.2) is 4.79 Å². The maximum absolute atomic E-state index is 11.9. The van der Waals surface area contributed by atoms with Crippen LogP contribution in [-0.4, -0.2) is 53.8 Å².